The summed E-state index contributed by atoms with van der Waals surface area (Å²) in [6, 6.07) is 0. The Morgan fingerprint density at radius 2 is 1.79 bits per heavy atom. The van der Waals surface area contributed by atoms with E-state index >= 15 is 0 Å². The van der Waals surface area contributed by atoms with E-state index in [0.29, 0.717) is 0 Å². The molecule has 1 saturated carbocycles. The van der Waals surface area contributed by atoms with Crippen molar-refractivity contribution in [1.82, 2.24) is 4.90 Å². The largest absolute Gasteiger partial charge is 0.453 e. The third-order valence-electron chi connectivity index (χ3n) is 3.44. The van der Waals surface area contributed by atoms with E-state index in [1.165, 1.54) is 13.5 Å². The summed E-state index contributed by atoms with van der Waals surface area (Å²) < 4.78 is 4.68. The van der Waals surface area contributed by atoms with Crippen LogP contribution in [0.25, 0.3) is 0 Å². The Labute approximate surface area is 86.4 Å². The van der Waals surface area contributed by atoms with Gasteiger partial charge in [-0.1, -0.05) is 20.8 Å². The average Bonchev–Trinajstić information content (AvgIpc) is 2.30. The number of nitrogens with zero attached hydrogens (tertiary/aromatic N) is 1. The highest BCUT2D eigenvalue weighted by atomic mass is 16.5. The van der Waals surface area contributed by atoms with E-state index in [0.717, 1.165) is 30.8 Å². The first-order chi connectivity index (χ1) is 6.72. The molecule has 2 unspecified atom stereocenters. The molecule has 0 aromatic carbocycles. The lowest BCUT2D eigenvalue weighted by Crippen LogP contribution is -2.55. The van der Waals surface area contributed by atoms with Gasteiger partial charge in [-0.3, -0.25) is 0 Å². The normalized spacial score (nSPS) is 33.7. The molecule has 2 atom stereocenters. The van der Waals surface area contributed by atoms with Gasteiger partial charge in [-0.05, 0) is 24.2 Å². The van der Waals surface area contributed by atoms with Gasteiger partial charge in [0.25, 0.3) is 0 Å². The molecule has 3 aliphatic rings. The van der Waals surface area contributed by atoms with Gasteiger partial charge in [0.2, 0.25) is 0 Å². The number of methoxy groups -OCH3 is 1. The first kappa shape index (κ1) is 11.3. The van der Waals surface area contributed by atoms with E-state index in [9.17, 15) is 4.79 Å². The van der Waals surface area contributed by atoms with Crippen LogP contribution in [0.2, 0.25) is 0 Å². The molecule has 2 bridgehead atoms. The molecule has 3 rings (SSSR count). The number of hydrogen-bond acceptors (Lipinski definition) is 2. The van der Waals surface area contributed by atoms with E-state index in [-0.39, 0.29) is 6.09 Å². The second kappa shape index (κ2) is 4.67. The molecule has 14 heavy (non-hydrogen) atoms. The van der Waals surface area contributed by atoms with Crippen LogP contribution in [0, 0.1) is 17.8 Å². The summed E-state index contributed by atoms with van der Waals surface area (Å²) in [5, 5.41) is 0. The molecule has 3 fully saturated rings. The standard InChI is InChI=1S/C9H15NO2.C2H6/c1-6-7-3-8(6)5-10(4-7)9(11)12-2;1-2/h6-8H,3-5H2,1-2H3;1-2H3. The van der Waals surface area contributed by atoms with Crippen LogP contribution in [0.15, 0.2) is 0 Å². The minimum Gasteiger partial charge on any atom is -0.453 e. The maximum absolute atomic E-state index is 11.1. The minimum atomic E-state index is -0.156. The highest BCUT2D eigenvalue weighted by Gasteiger charge is 2.45. The van der Waals surface area contributed by atoms with Gasteiger partial charge in [-0.15, -0.1) is 0 Å². The molecule has 0 N–H and O–H groups in total. The zero-order valence-corrected chi connectivity index (χ0v) is 9.62. The van der Waals surface area contributed by atoms with Crippen molar-refractivity contribution in [2.75, 3.05) is 20.2 Å². The van der Waals surface area contributed by atoms with E-state index in [4.69, 9.17) is 0 Å². The van der Waals surface area contributed by atoms with Gasteiger partial charge in [-0.25, -0.2) is 4.79 Å². The molecule has 0 radical (unpaired) electrons. The summed E-state index contributed by atoms with van der Waals surface area (Å²) >= 11 is 0. The van der Waals surface area contributed by atoms with E-state index < -0.39 is 0 Å². The van der Waals surface area contributed by atoms with Crippen molar-refractivity contribution in [3.63, 3.8) is 0 Å². The summed E-state index contributed by atoms with van der Waals surface area (Å²) in [5.74, 6) is 2.30. The van der Waals surface area contributed by atoms with Crippen molar-refractivity contribution >= 4 is 6.09 Å². The highest BCUT2D eigenvalue weighted by molar-refractivity contribution is 5.67. The molecular formula is C11H21NO2. The number of rotatable bonds is 0. The Hall–Kier alpha value is -0.730. The molecule has 3 heteroatoms. The Morgan fingerprint density at radius 1 is 1.29 bits per heavy atom. The molecular weight excluding hydrogens is 178 g/mol. The number of fused-ring (bicyclic) bond motifs is 2. The lowest BCUT2D eigenvalue weighted by Gasteiger charge is -2.51. The Morgan fingerprint density at radius 3 is 2.14 bits per heavy atom. The minimum absolute atomic E-state index is 0.156. The van der Waals surface area contributed by atoms with Gasteiger partial charge in [0.15, 0.2) is 0 Å². The van der Waals surface area contributed by atoms with Crippen molar-refractivity contribution in [2.24, 2.45) is 17.8 Å². The third-order valence-corrected chi connectivity index (χ3v) is 3.44. The molecule has 0 aromatic heterocycles. The molecule has 2 aliphatic heterocycles. The van der Waals surface area contributed by atoms with Crippen LogP contribution in [0.5, 0.6) is 0 Å². The van der Waals surface area contributed by atoms with Gasteiger partial charge < -0.3 is 9.64 Å². The van der Waals surface area contributed by atoms with E-state index in [1.807, 2.05) is 18.7 Å². The molecule has 0 aromatic rings. The van der Waals surface area contributed by atoms with Gasteiger partial charge in [0.05, 0.1) is 7.11 Å². The first-order valence-corrected chi connectivity index (χ1v) is 5.55. The van der Waals surface area contributed by atoms with Gasteiger partial charge in [0.1, 0.15) is 0 Å². The number of hydrogen-bond donors (Lipinski definition) is 0. The van der Waals surface area contributed by atoms with Crippen LogP contribution < -0.4 is 0 Å². The number of piperidine rings is 2. The second-order valence-electron chi connectivity index (χ2n) is 3.99. The van der Waals surface area contributed by atoms with Gasteiger partial charge in [0, 0.05) is 13.1 Å². The molecule has 1 amide bonds. The smallest absolute Gasteiger partial charge is 0.409 e. The maximum Gasteiger partial charge on any atom is 0.409 e. The zero-order chi connectivity index (χ0) is 10.7. The van der Waals surface area contributed by atoms with E-state index in [2.05, 4.69) is 11.7 Å². The highest BCUT2D eigenvalue weighted by Crippen LogP contribution is 2.44. The molecule has 82 valence electrons. The van der Waals surface area contributed by atoms with E-state index in [1.54, 1.807) is 0 Å². The average molecular weight is 199 g/mol. The number of carbonyl (C=O) groups excluding carboxylic acids is 1. The fraction of sp³-hybridized carbons (Fsp3) is 0.909. The molecule has 1 aliphatic carbocycles. The van der Waals surface area contributed by atoms with Crippen molar-refractivity contribution in [3.05, 3.63) is 0 Å². The Kier molecular flexibility index (Phi) is 3.78. The summed E-state index contributed by atoms with van der Waals surface area (Å²) in [7, 11) is 1.45. The fourth-order valence-corrected chi connectivity index (χ4v) is 2.41. The van der Waals surface area contributed by atoms with Crippen molar-refractivity contribution < 1.29 is 9.53 Å². The summed E-state index contributed by atoms with van der Waals surface area (Å²) in [6.07, 6.45) is 1.16. The van der Waals surface area contributed by atoms with Crippen LogP contribution >= 0.6 is 0 Å². The quantitative estimate of drug-likeness (QED) is 0.599. The number of carbonyl (C=O) groups is 1. The Balaban J connectivity index is 0.000000461. The van der Waals surface area contributed by atoms with Crippen LogP contribution in [0.3, 0.4) is 0 Å². The van der Waals surface area contributed by atoms with Crippen LogP contribution in [0.1, 0.15) is 27.2 Å². The molecule has 3 nitrogen and oxygen atoms in total. The summed E-state index contributed by atoms with van der Waals surface area (Å²) in [4.78, 5) is 13.0. The van der Waals surface area contributed by atoms with Crippen molar-refractivity contribution in [3.8, 4) is 0 Å². The topological polar surface area (TPSA) is 29.5 Å². The van der Waals surface area contributed by atoms with Gasteiger partial charge >= 0.3 is 6.09 Å². The predicted octanol–water partition coefficient (Wildman–Crippen LogP) is 2.37. The van der Waals surface area contributed by atoms with Crippen molar-refractivity contribution in [1.29, 1.82) is 0 Å². The molecule has 2 saturated heterocycles. The third kappa shape index (κ3) is 1.86. The van der Waals surface area contributed by atoms with Crippen LogP contribution in [-0.4, -0.2) is 31.2 Å². The van der Waals surface area contributed by atoms with Crippen molar-refractivity contribution in [2.45, 2.75) is 27.2 Å². The van der Waals surface area contributed by atoms with Crippen LogP contribution in [-0.2, 0) is 4.74 Å². The lowest BCUT2D eigenvalue weighted by molar-refractivity contribution is -0.0272. The summed E-state index contributed by atoms with van der Waals surface area (Å²) in [6.45, 7) is 8.10. The predicted molar refractivity (Wildman–Crippen MR) is 56.1 cm³/mol. The number of amides is 1. The lowest BCUT2D eigenvalue weighted by atomic mass is 9.63. The first-order valence-electron chi connectivity index (χ1n) is 5.55. The van der Waals surface area contributed by atoms with Crippen LogP contribution in [0.4, 0.5) is 4.79 Å². The monoisotopic (exact) mass is 199 g/mol. The Bertz CT molecular complexity index is 193. The second-order valence-corrected chi connectivity index (χ2v) is 3.99. The molecule has 2 heterocycles. The SMILES string of the molecule is CC.COC(=O)N1CC2CC(C1)C2C. The molecule has 0 spiro atoms. The van der Waals surface area contributed by atoms with Gasteiger partial charge in [-0.2, -0.15) is 0 Å². The number of ether oxygens (including phenoxy) is 1. The fourth-order valence-electron chi connectivity index (χ4n) is 2.41. The summed E-state index contributed by atoms with van der Waals surface area (Å²) in [5.41, 5.74) is 0. The zero-order valence-electron chi connectivity index (χ0n) is 9.62. The maximum atomic E-state index is 11.1.